The fraction of sp³-hybridized carbons (Fsp3) is 0.750. The van der Waals surface area contributed by atoms with E-state index in [1.165, 1.54) is 19.3 Å². The molecule has 2 atom stereocenters. The quantitative estimate of drug-likeness (QED) is 0.820. The minimum absolute atomic E-state index is 0.411. The van der Waals surface area contributed by atoms with Crippen molar-refractivity contribution in [3.05, 3.63) is 18.5 Å². The average molecular weight is 223 g/mol. The van der Waals surface area contributed by atoms with Crippen LogP contribution in [0.25, 0.3) is 0 Å². The summed E-state index contributed by atoms with van der Waals surface area (Å²) in [6.07, 6.45) is 7.95. The van der Waals surface area contributed by atoms with Gasteiger partial charge in [-0.1, -0.05) is 0 Å². The van der Waals surface area contributed by atoms with Gasteiger partial charge in [-0.25, -0.2) is 0 Å². The number of nitrogens with one attached hydrogen (secondary N) is 1. The molecule has 0 aromatic carbocycles. The van der Waals surface area contributed by atoms with Gasteiger partial charge >= 0.3 is 0 Å². The van der Waals surface area contributed by atoms with Crippen molar-refractivity contribution < 1.29 is 4.74 Å². The van der Waals surface area contributed by atoms with Crippen molar-refractivity contribution in [2.45, 2.75) is 44.9 Å². The van der Waals surface area contributed by atoms with Crippen LogP contribution in [0.15, 0.2) is 18.5 Å². The van der Waals surface area contributed by atoms with E-state index in [0.717, 1.165) is 19.7 Å². The van der Waals surface area contributed by atoms with Gasteiger partial charge in [0.1, 0.15) is 0 Å². The van der Waals surface area contributed by atoms with E-state index < -0.39 is 0 Å². The molecule has 1 saturated heterocycles. The van der Waals surface area contributed by atoms with Gasteiger partial charge in [-0.15, -0.1) is 0 Å². The summed E-state index contributed by atoms with van der Waals surface area (Å²) in [4.78, 5) is 0. The van der Waals surface area contributed by atoms with E-state index in [2.05, 4.69) is 17.3 Å². The van der Waals surface area contributed by atoms with Crippen molar-refractivity contribution in [1.29, 1.82) is 0 Å². The second kappa shape index (κ2) is 6.01. The Kier molecular flexibility index (Phi) is 4.36. The van der Waals surface area contributed by atoms with E-state index in [1.807, 2.05) is 23.1 Å². The molecule has 1 N–H and O–H groups in total. The molecule has 1 aliphatic heterocycles. The molecule has 16 heavy (non-hydrogen) atoms. The van der Waals surface area contributed by atoms with Crippen LogP contribution in [-0.4, -0.2) is 35.1 Å². The number of nitrogens with zero attached hydrogens (tertiary/aromatic N) is 2. The molecule has 2 rings (SSSR count). The Morgan fingerprint density at radius 3 is 3.19 bits per heavy atom. The standard InChI is InChI=1S/C12H21N3O/c1-11(10-15-7-4-6-14-15)13-9-12-5-2-3-8-16-12/h4,6-7,11-13H,2-3,5,8-10H2,1H3/t11-,12-/m1/s1. The van der Waals surface area contributed by atoms with Crippen molar-refractivity contribution in [1.82, 2.24) is 15.1 Å². The van der Waals surface area contributed by atoms with Crippen LogP contribution in [0.5, 0.6) is 0 Å². The van der Waals surface area contributed by atoms with Crippen LogP contribution in [0.1, 0.15) is 26.2 Å². The molecule has 4 heteroatoms. The molecule has 0 amide bonds. The molecule has 0 aliphatic carbocycles. The van der Waals surface area contributed by atoms with E-state index in [9.17, 15) is 0 Å². The van der Waals surface area contributed by atoms with Gasteiger partial charge in [-0.05, 0) is 32.3 Å². The second-order valence-electron chi connectivity index (χ2n) is 4.53. The SMILES string of the molecule is C[C@H](Cn1cccn1)NC[C@H]1CCCCO1. The van der Waals surface area contributed by atoms with Crippen LogP contribution in [-0.2, 0) is 11.3 Å². The van der Waals surface area contributed by atoms with Crippen molar-refractivity contribution in [3.63, 3.8) is 0 Å². The molecule has 0 spiro atoms. The highest BCUT2D eigenvalue weighted by molar-refractivity contribution is 4.79. The Morgan fingerprint density at radius 1 is 1.56 bits per heavy atom. The summed E-state index contributed by atoms with van der Waals surface area (Å²) >= 11 is 0. The van der Waals surface area contributed by atoms with E-state index >= 15 is 0 Å². The van der Waals surface area contributed by atoms with E-state index in [0.29, 0.717) is 12.1 Å². The molecule has 0 radical (unpaired) electrons. The molecule has 1 aromatic heterocycles. The molecule has 0 unspecified atom stereocenters. The fourth-order valence-corrected chi connectivity index (χ4v) is 2.05. The monoisotopic (exact) mass is 223 g/mol. The fourth-order valence-electron chi connectivity index (χ4n) is 2.05. The molecule has 1 fully saturated rings. The lowest BCUT2D eigenvalue weighted by atomic mass is 10.1. The third-order valence-electron chi connectivity index (χ3n) is 2.99. The lowest BCUT2D eigenvalue weighted by molar-refractivity contribution is 0.0153. The van der Waals surface area contributed by atoms with Gasteiger partial charge < -0.3 is 10.1 Å². The largest absolute Gasteiger partial charge is 0.377 e. The third kappa shape index (κ3) is 3.61. The van der Waals surface area contributed by atoms with Gasteiger partial charge in [0.25, 0.3) is 0 Å². The van der Waals surface area contributed by atoms with Gasteiger partial charge in [0, 0.05) is 31.6 Å². The first-order valence-electron chi connectivity index (χ1n) is 6.17. The number of hydrogen-bond donors (Lipinski definition) is 1. The molecular weight excluding hydrogens is 202 g/mol. The van der Waals surface area contributed by atoms with Crippen molar-refractivity contribution in [2.75, 3.05) is 13.2 Å². The minimum Gasteiger partial charge on any atom is -0.377 e. The molecule has 1 aromatic rings. The minimum atomic E-state index is 0.411. The Hall–Kier alpha value is -0.870. The number of ether oxygens (including phenoxy) is 1. The van der Waals surface area contributed by atoms with Crippen LogP contribution < -0.4 is 5.32 Å². The zero-order valence-corrected chi connectivity index (χ0v) is 9.93. The highest BCUT2D eigenvalue weighted by atomic mass is 16.5. The number of hydrogen-bond acceptors (Lipinski definition) is 3. The molecular formula is C12H21N3O. The maximum atomic E-state index is 5.68. The molecule has 0 saturated carbocycles. The number of aromatic nitrogens is 2. The summed E-state index contributed by atoms with van der Waals surface area (Å²) in [7, 11) is 0. The summed E-state index contributed by atoms with van der Waals surface area (Å²) < 4.78 is 7.64. The summed E-state index contributed by atoms with van der Waals surface area (Å²) in [5.41, 5.74) is 0. The third-order valence-corrected chi connectivity index (χ3v) is 2.99. The molecule has 0 bridgehead atoms. The maximum absolute atomic E-state index is 5.68. The normalized spacial score (nSPS) is 23.2. The molecule has 4 nitrogen and oxygen atoms in total. The maximum Gasteiger partial charge on any atom is 0.0699 e. The van der Waals surface area contributed by atoms with Gasteiger partial charge in [-0.3, -0.25) is 4.68 Å². The zero-order valence-electron chi connectivity index (χ0n) is 9.93. The first-order valence-corrected chi connectivity index (χ1v) is 6.17. The van der Waals surface area contributed by atoms with E-state index in [-0.39, 0.29) is 0 Å². The number of rotatable bonds is 5. The molecule has 2 heterocycles. The first kappa shape index (κ1) is 11.6. The Bertz CT molecular complexity index is 280. The van der Waals surface area contributed by atoms with Gasteiger partial charge in [0.05, 0.1) is 12.6 Å². The lowest BCUT2D eigenvalue weighted by Crippen LogP contribution is -2.38. The van der Waals surface area contributed by atoms with Crippen molar-refractivity contribution in [2.24, 2.45) is 0 Å². The van der Waals surface area contributed by atoms with Crippen molar-refractivity contribution in [3.8, 4) is 0 Å². The first-order chi connectivity index (χ1) is 7.84. The topological polar surface area (TPSA) is 39.1 Å². The van der Waals surface area contributed by atoms with E-state index in [4.69, 9.17) is 4.74 Å². The van der Waals surface area contributed by atoms with Gasteiger partial charge in [0.15, 0.2) is 0 Å². The molecule has 90 valence electrons. The lowest BCUT2D eigenvalue weighted by Gasteiger charge is -2.24. The second-order valence-corrected chi connectivity index (χ2v) is 4.53. The average Bonchev–Trinajstić information content (AvgIpc) is 2.81. The summed E-state index contributed by atoms with van der Waals surface area (Å²) in [5, 5.41) is 7.70. The highest BCUT2D eigenvalue weighted by Crippen LogP contribution is 2.11. The van der Waals surface area contributed by atoms with Crippen LogP contribution >= 0.6 is 0 Å². The van der Waals surface area contributed by atoms with Crippen LogP contribution in [0.3, 0.4) is 0 Å². The highest BCUT2D eigenvalue weighted by Gasteiger charge is 2.14. The van der Waals surface area contributed by atoms with E-state index in [1.54, 1.807) is 0 Å². The summed E-state index contributed by atoms with van der Waals surface area (Å²) in [6.45, 7) is 4.99. The molecule has 1 aliphatic rings. The van der Waals surface area contributed by atoms with Crippen LogP contribution in [0.2, 0.25) is 0 Å². The predicted molar refractivity (Wildman–Crippen MR) is 63.3 cm³/mol. The Balaban J connectivity index is 1.65. The predicted octanol–water partition coefficient (Wildman–Crippen LogP) is 1.43. The van der Waals surface area contributed by atoms with Crippen LogP contribution in [0, 0.1) is 0 Å². The summed E-state index contributed by atoms with van der Waals surface area (Å²) in [5.74, 6) is 0. The van der Waals surface area contributed by atoms with Gasteiger partial charge in [0.2, 0.25) is 0 Å². The van der Waals surface area contributed by atoms with Gasteiger partial charge in [-0.2, -0.15) is 5.10 Å². The smallest absolute Gasteiger partial charge is 0.0699 e. The Labute approximate surface area is 97.0 Å². The van der Waals surface area contributed by atoms with Crippen LogP contribution in [0.4, 0.5) is 0 Å². The van der Waals surface area contributed by atoms with Crippen molar-refractivity contribution >= 4 is 0 Å². The zero-order chi connectivity index (χ0) is 11.2. The Morgan fingerprint density at radius 2 is 2.50 bits per heavy atom. The summed E-state index contributed by atoms with van der Waals surface area (Å²) in [6, 6.07) is 2.39.